The number of nitrogens with zero attached hydrogens (tertiary/aromatic N) is 1. The first-order valence-electron chi connectivity index (χ1n) is 6.26. The Morgan fingerprint density at radius 2 is 1.68 bits per heavy atom. The Balaban J connectivity index is 2.10. The Morgan fingerprint density at radius 3 is 2.37 bits per heavy atom. The van der Waals surface area contributed by atoms with Crippen LogP contribution in [0.5, 0.6) is 0 Å². The lowest BCUT2D eigenvalue weighted by Crippen LogP contribution is -2.33. The maximum Gasteiger partial charge on any atom is 0.317 e. The van der Waals surface area contributed by atoms with Crippen molar-refractivity contribution in [3.63, 3.8) is 0 Å². The predicted octanol–water partition coefficient (Wildman–Crippen LogP) is 3.12. The van der Waals surface area contributed by atoms with Crippen LogP contribution >= 0.6 is 0 Å². The average Bonchev–Trinajstić information content (AvgIpc) is 2.46. The fraction of sp³-hybridized carbons (Fsp3) is 0.188. The zero-order valence-electron chi connectivity index (χ0n) is 11.3. The zero-order chi connectivity index (χ0) is 13.7. The number of rotatable bonds is 3. The molecule has 0 unspecified atom stereocenters. The van der Waals surface area contributed by atoms with Gasteiger partial charge in [0.05, 0.1) is 0 Å². The fourth-order valence-electron chi connectivity index (χ4n) is 1.83. The van der Waals surface area contributed by atoms with Gasteiger partial charge in [0.1, 0.15) is 0 Å². The molecule has 2 rings (SSSR count). The van der Waals surface area contributed by atoms with Crippen molar-refractivity contribution in [1.29, 1.82) is 0 Å². The van der Waals surface area contributed by atoms with Crippen molar-refractivity contribution in [1.82, 2.24) is 10.2 Å². The van der Waals surface area contributed by atoms with E-state index in [-0.39, 0.29) is 6.03 Å². The third-order valence-electron chi connectivity index (χ3n) is 2.88. The lowest BCUT2D eigenvalue weighted by atomic mass is 10.0. The molecule has 0 heterocycles. The van der Waals surface area contributed by atoms with Gasteiger partial charge in [0.15, 0.2) is 0 Å². The largest absolute Gasteiger partial charge is 0.334 e. The van der Waals surface area contributed by atoms with Gasteiger partial charge in [-0.15, -0.1) is 0 Å². The normalized spacial score (nSPS) is 10.0. The van der Waals surface area contributed by atoms with Crippen LogP contribution in [0.4, 0.5) is 4.79 Å². The van der Waals surface area contributed by atoms with Gasteiger partial charge >= 0.3 is 6.03 Å². The molecule has 0 saturated carbocycles. The summed E-state index contributed by atoms with van der Waals surface area (Å²) in [5.41, 5.74) is 3.44. The van der Waals surface area contributed by atoms with Crippen molar-refractivity contribution in [2.45, 2.75) is 6.54 Å². The highest BCUT2D eigenvalue weighted by Gasteiger charge is 2.03. The second-order valence-corrected chi connectivity index (χ2v) is 4.62. The van der Waals surface area contributed by atoms with Crippen LogP contribution in [0.3, 0.4) is 0 Å². The SMILES string of the molecule is CN(C)C(=O)NCc1cccc(-c2ccccc2)c1. The summed E-state index contributed by atoms with van der Waals surface area (Å²) in [5, 5.41) is 2.86. The average molecular weight is 254 g/mol. The van der Waals surface area contributed by atoms with Crippen LogP contribution in [0.2, 0.25) is 0 Å². The molecule has 2 aromatic carbocycles. The van der Waals surface area contributed by atoms with Crippen molar-refractivity contribution in [3.05, 3.63) is 60.2 Å². The number of urea groups is 1. The summed E-state index contributed by atoms with van der Waals surface area (Å²) < 4.78 is 0. The highest BCUT2D eigenvalue weighted by atomic mass is 16.2. The Labute approximate surface area is 113 Å². The molecule has 0 saturated heterocycles. The number of nitrogens with one attached hydrogen (secondary N) is 1. The first kappa shape index (κ1) is 13.1. The predicted molar refractivity (Wildman–Crippen MR) is 77.8 cm³/mol. The topological polar surface area (TPSA) is 32.3 Å². The summed E-state index contributed by atoms with van der Waals surface area (Å²) in [4.78, 5) is 13.0. The quantitative estimate of drug-likeness (QED) is 0.896. The standard InChI is InChI=1S/C16H18N2O/c1-18(2)16(19)17-12-13-7-6-10-15(11-13)14-8-4-3-5-9-14/h3-11H,12H2,1-2H3,(H,17,19). The molecule has 0 bridgehead atoms. The highest BCUT2D eigenvalue weighted by molar-refractivity contribution is 5.73. The van der Waals surface area contributed by atoms with Gasteiger partial charge < -0.3 is 10.2 Å². The number of amides is 2. The molecular weight excluding hydrogens is 236 g/mol. The van der Waals surface area contributed by atoms with Crippen molar-refractivity contribution in [2.75, 3.05) is 14.1 Å². The summed E-state index contributed by atoms with van der Waals surface area (Å²) in [6.45, 7) is 0.539. The van der Waals surface area contributed by atoms with Crippen molar-refractivity contribution in [2.24, 2.45) is 0 Å². The van der Waals surface area contributed by atoms with E-state index >= 15 is 0 Å². The van der Waals surface area contributed by atoms with E-state index in [1.54, 1.807) is 14.1 Å². The Kier molecular flexibility index (Phi) is 4.18. The van der Waals surface area contributed by atoms with Gasteiger partial charge in [0.25, 0.3) is 0 Å². The van der Waals surface area contributed by atoms with E-state index < -0.39 is 0 Å². The van der Waals surface area contributed by atoms with Crippen LogP contribution in [-0.4, -0.2) is 25.0 Å². The summed E-state index contributed by atoms with van der Waals surface area (Å²) >= 11 is 0. The van der Waals surface area contributed by atoms with Gasteiger partial charge in [-0.25, -0.2) is 4.79 Å². The monoisotopic (exact) mass is 254 g/mol. The van der Waals surface area contributed by atoms with E-state index in [2.05, 4.69) is 29.6 Å². The molecule has 2 amide bonds. The number of hydrogen-bond acceptors (Lipinski definition) is 1. The fourth-order valence-corrected chi connectivity index (χ4v) is 1.83. The van der Waals surface area contributed by atoms with Crippen LogP contribution in [0.15, 0.2) is 54.6 Å². The number of hydrogen-bond donors (Lipinski definition) is 1. The van der Waals surface area contributed by atoms with Crippen LogP contribution in [-0.2, 0) is 6.54 Å². The van der Waals surface area contributed by atoms with E-state index in [0.29, 0.717) is 6.54 Å². The molecule has 0 aliphatic rings. The first-order valence-corrected chi connectivity index (χ1v) is 6.26. The summed E-state index contributed by atoms with van der Waals surface area (Å²) in [7, 11) is 3.46. The molecule has 98 valence electrons. The van der Waals surface area contributed by atoms with Gasteiger partial charge in [0.2, 0.25) is 0 Å². The molecule has 0 atom stereocenters. The van der Waals surface area contributed by atoms with Crippen molar-refractivity contribution < 1.29 is 4.79 Å². The summed E-state index contributed by atoms with van der Waals surface area (Å²) in [6, 6.07) is 18.3. The van der Waals surface area contributed by atoms with E-state index in [0.717, 1.165) is 11.1 Å². The molecule has 3 heteroatoms. The molecule has 0 spiro atoms. The van der Waals surface area contributed by atoms with Crippen molar-refractivity contribution in [3.8, 4) is 11.1 Å². The third kappa shape index (κ3) is 3.58. The summed E-state index contributed by atoms with van der Waals surface area (Å²) in [6.07, 6.45) is 0. The minimum absolute atomic E-state index is 0.0786. The zero-order valence-corrected chi connectivity index (χ0v) is 11.3. The number of carbonyl (C=O) groups excluding carboxylic acids is 1. The van der Waals surface area contributed by atoms with E-state index in [4.69, 9.17) is 0 Å². The van der Waals surface area contributed by atoms with Crippen LogP contribution in [0, 0.1) is 0 Å². The minimum atomic E-state index is -0.0786. The van der Waals surface area contributed by atoms with E-state index in [1.807, 2.05) is 30.3 Å². The molecule has 0 aliphatic carbocycles. The molecule has 0 aromatic heterocycles. The Bertz CT molecular complexity index is 550. The second kappa shape index (κ2) is 6.05. The minimum Gasteiger partial charge on any atom is -0.334 e. The molecule has 3 nitrogen and oxygen atoms in total. The Hall–Kier alpha value is -2.29. The van der Waals surface area contributed by atoms with Crippen LogP contribution in [0.1, 0.15) is 5.56 Å². The third-order valence-corrected chi connectivity index (χ3v) is 2.88. The maximum absolute atomic E-state index is 11.5. The van der Waals surface area contributed by atoms with Crippen LogP contribution in [0.25, 0.3) is 11.1 Å². The van der Waals surface area contributed by atoms with E-state index in [9.17, 15) is 4.79 Å². The molecule has 0 radical (unpaired) electrons. The van der Waals surface area contributed by atoms with Crippen molar-refractivity contribution >= 4 is 6.03 Å². The molecular formula is C16H18N2O. The molecule has 0 fully saturated rings. The van der Waals surface area contributed by atoms with Crippen LogP contribution < -0.4 is 5.32 Å². The smallest absolute Gasteiger partial charge is 0.317 e. The van der Waals surface area contributed by atoms with Gasteiger partial charge in [-0.2, -0.15) is 0 Å². The molecule has 19 heavy (non-hydrogen) atoms. The number of carbonyl (C=O) groups is 1. The lowest BCUT2D eigenvalue weighted by molar-refractivity contribution is 0.217. The van der Waals surface area contributed by atoms with Gasteiger partial charge in [-0.1, -0.05) is 48.5 Å². The van der Waals surface area contributed by atoms with Gasteiger partial charge in [0, 0.05) is 20.6 Å². The molecule has 2 aromatic rings. The van der Waals surface area contributed by atoms with E-state index in [1.165, 1.54) is 10.5 Å². The Morgan fingerprint density at radius 1 is 1.00 bits per heavy atom. The summed E-state index contributed by atoms with van der Waals surface area (Å²) in [5.74, 6) is 0. The highest BCUT2D eigenvalue weighted by Crippen LogP contribution is 2.19. The molecule has 0 aliphatic heterocycles. The van der Waals surface area contributed by atoms with Gasteiger partial charge in [-0.3, -0.25) is 0 Å². The van der Waals surface area contributed by atoms with Gasteiger partial charge in [-0.05, 0) is 22.8 Å². The number of benzene rings is 2. The lowest BCUT2D eigenvalue weighted by Gasteiger charge is -2.12. The maximum atomic E-state index is 11.5. The molecule has 1 N–H and O–H groups in total. The first-order chi connectivity index (χ1) is 9.16. The second-order valence-electron chi connectivity index (χ2n) is 4.62.